The number of hydrogen-bond donors (Lipinski definition) is 1. The van der Waals surface area contributed by atoms with E-state index in [2.05, 4.69) is 25.2 Å². The van der Waals surface area contributed by atoms with Crippen molar-refractivity contribution in [3.05, 3.63) is 41.7 Å². The summed E-state index contributed by atoms with van der Waals surface area (Å²) in [5.41, 5.74) is 1.88. The average molecular weight is 261 g/mol. The number of anilines is 1. The van der Waals surface area contributed by atoms with E-state index < -0.39 is 0 Å². The van der Waals surface area contributed by atoms with Gasteiger partial charge in [-0.15, -0.1) is 0 Å². The highest BCUT2D eigenvalue weighted by Crippen LogP contribution is 2.59. The summed E-state index contributed by atoms with van der Waals surface area (Å²) >= 11 is 0. The molecule has 1 saturated carbocycles. The van der Waals surface area contributed by atoms with Crippen molar-refractivity contribution in [3.8, 4) is 0 Å². The Morgan fingerprint density at radius 3 is 2.37 bits per heavy atom. The zero-order valence-corrected chi connectivity index (χ0v) is 11.8. The predicted octanol–water partition coefficient (Wildman–Crippen LogP) is 4.00. The van der Waals surface area contributed by atoms with Crippen molar-refractivity contribution in [1.82, 2.24) is 0 Å². The minimum Gasteiger partial charge on any atom is -0.326 e. The van der Waals surface area contributed by atoms with Crippen LogP contribution < -0.4 is 5.32 Å². The largest absolute Gasteiger partial charge is 0.326 e. The molecule has 102 valence electrons. The van der Waals surface area contributed by atoms with Crippen LogP contribution in [-0.2, 0) is 4.79 Å². The molecule has 1 fully saturated rings. The van der Waals surface area contributed by atoms with E-state index in [9.17, 15) is 9.18 Å². The van der Waals surface area contributed by atoms with Gasteiger partial charge in [-0.25, -0.2) is 4.39 Å². The van der Waals surface area contributed by atoms with E-state index in [-0.39, 0.29) is 29.0 Å². The number of hydrogen-bond acceptors (Lipinski definition) is 1. The van der Waals surface area contributed by atoms with Gasteiger partial charge in [-0.3, -0.25) is 4.79 Å². The second kappa shape index (κ2) is 4.80. The number of allylic oxidation sites excluding steroid dienone is 2. The topological polar surface area (TPSA) is 29.1 Å². The first-order valence-corrected chi connectivity index (χ1v) is 6.54. The van der Waals surface area contributed by atoms with Crippen LogP contribution in [0.4, 0.5) is 10.1 Å². The molecule has 1 amide bonds. The van der Waals surface area contributed by atoms with Gasteiger partial charge in [-0.1, -0.05) is 25.5 Å². The minimum atomic E-state index is -0.299. The molecule has 1 aromatic carbocycles. The number of rotatable bonds is 3. The molecule has 2 rings (SSSR count). The van der Waals surface area contributed by atoms with Crippen LogP contribution in [0.3, 0.4) is 0 Å². The number of nitrogens with one attached hydrogen (secondary N) is 1. The SMILES string of the molecule is CC(C)=CC1C(C(=O)Nc2ccc(F)cc2)C1(C)C. The van der Waals surface area contributed by atoms with Crippen molar-refractivity contribution in [2.75, 3.05) is 5.32 Å². The standard InChI is InChI=1S/C16H20FNO/c1-10(2)9-13-14(16(13,3)4)15(19)18-12-7-5-11(17)6-8-12/h5-9,13-14H,1-4H3,(H,18,19). The fourth-order valence-electron chi connectivity index (χ4n) is 2.60. The van der Waals surface area contributed by atoms with E-state index >= 15 is 0 Å². The molecule has 2 atom stereocenters. The summed E-state index contributed by atoms with van der Waals surface area (Å²) in [7, 11) is 0. The van der Waals surface area contributed by atoms with Crippen molar-refractivity contribution in [3.63, 3.8) is 0 Å². The quantitative estimate of drug-likeness (QED) is 0.819. The van der Waals surface area contributed by atoms with Crippen LogP contribution in [0.1, 0.15) is 27.7 Å². The number of carbonyl (C=O) groups is 1. The lowest BCUT2D eigenvalue weighted by Crippen LogP contribution is -2.16. The van der Waals surface area contributed by atoms with Crippen molar-refractivity contribution >= 4 is 11.6 Å². The highest BCUT2D eigenvalue weighted by atomic mass is 19.1. The third kappa shape index (κ3) is 2.86. The van der Waals surface area contributed by atoms with E-state index in [4.69, 9.17) is 0 Å². The summed E-state index contributed by atoms with van der Waals surface area (Å²) < 4.78 is 12.8. The number of carbonyl (C=O) groups excluding carboxylic acids is 1. The van der Waals surface area contributed by atoms with Crippen LogP contribution in [0.2, 0.25) is 0 Å². The van der Waals surface area contributed by atoms with Gasteiger partial charge >= 0.3 is 0 Å². The third-order valence-corrected chi connectivity index (χ3v) is 3.82. The molecule has 2 unspecified atom stereocenters. The Labute approximate surface area is 113 Å². The van der Waals surface area contributed by atoms with Crippen LogP contribution in [0.15, 0.2) is 35.9 Å². The summed E-state index contributed by atoms with van der Waals surface area (Å²) in [5.74, 6) is -0.00308. The summed E-state index contributed by atoms with van der Waals surface area (Å²) in [4.78, 5) is 12.2. The van der Waals surface area contributed by atoms with Crippen LogP contribution >= 0.6 is 0 Å². The van der Waals surface area contributed by atoms with Gasteiger partial charge < -0.3 is 5.32 Å². The molecular weight excluding hydrogens is 241 g/mol. The number of benzene rings is 1. The Bertz CT molecular complexity index is 512. The highest BCUT2D eigenvalue weighted by Gasteiger charge is 2.60. The summed E-state index contributed by atoms with van der Waals surface area (Å²) in [6.45, 7) is 8.30. The molecule has 19 heavy (non-hydrogen) atoms. The second-order valence-corrected chi connectivity index (χ2v) is 6.06. The minimum absolute atomic E-state index is 0.00137. The maximum atomic E-state index is 12.8. The van der Waals surface area contributed by atoms with Crippen molar-refractivity contribution in [2.24, 2.45) is 17.3 Å². The molecule has 0 bridgehead atoms. The molecule has 0 spiro atoms. The Morgan fingerprint density at radius 2 is 1.84 bits per heavy atom. The van der Waals surface area contributed by atoms with Crippen molar-refractivity contribution in [2.45, 2.75) is 27.7 Å². The maximum absolute atomic E-state index is 12.8. The number of halogens is 1. The van der Waals surface area contributed by atoms with Crippen LogP contribution in [0.5, 0.6) is 0 Å². The van der Waals surface area contributed by atoms with Crippen molar-refractivity contribution < 1.29 is 9.18 Å². The number of amides is 1. The Morgan fingerprint density at radius 1 is 1.26 bits per heavy atom. The van der Waals surface area contributed by atoms with E-state index in [0.29, 0.717) is 5.69 Å². The third-order valence-electron chi connectivity index (χ3n) is 3.82. The average Bonchev–Trinajstić information content (AvgIpc) is 2.83. The summed E-state index contributed by atoms with van der Waals surface area (Å²) in [5, 5.41) is 2.86. The second-order valence-electron chi connectivity index (χ2n) is 6.06. The molecule has 1 aromatic rings. The lowest BCUT2D eigenvalue weighted by molar-refractivity contribution is -0.118. The summed E-state index contributed by atoms with van der Waals surface area (Å²) in [6, 6.07) is 5.86. The molecule has 0 radical (unpaired) electrons. The first-order valence-electron chi connectivity index (χ1n) is 6.54. The van der Waals surface area contributed by atoms with Crippen LogP contribution in [0, 0.1) is 23.1 Å². The van der Waals surface area contributed by atoms with Gasteiger partial charge in [0.1, 0.15) is 5.82 Å². The van der Waals surface area contributed by atoms with Crippen LogP contribution in [-0.4, -0.2) is 5.91 Å². The molecule has 0 saturated heterocycles. The monoisotopic (exact) mass is 261 g/mol. The van der Waals surface area contributed by atoms with Gasteiger partial charge in [-0.05, 0) is 49.4 Å². The van der Waals surface area contributed by atoms with Gasteiger partial charge in [0.05, 0.1) is 5.92 Å². The molecule has 0 aromatic heterocycles. The Hall–Kier alpha value is -1.64. The van der Waals surface area contributed by atoms with E-state index in [1.807, 2.05) is 13.8 Å². The molecule has 0 heterocycles. The lowest BCUT2D eigenvalue weighted by atomic mass is 10.1. The first-order chi connectivity index (χ1) is 8.82. The van der Waals surface area contributed by atoms with E-state index in [1.54, 1.807) is 12.1 Å². The molecule has 2 nitrogen and oxygen atoms in total. The smallest absolute Gasteiger partial charge is 0.228 e. The van der Waals surface area contributed by atoms with Gasteiger partial charge in [0.25, 0.3) is 0 Å². The van der Waals surface area contributed by atoms with Gasteiger partial charge in [0.15, 0.2) is 0 Å². The molecule has 1 aliphatic carbocycles. The fourth-order valence-corrected chi connectivity index (χ4v) is 2.60. The van der Waals surface area contributed by atoms with E-state index in [0.717, 1.165) is 0 Å². The highest BCUT2D eigenvalue weighted by molar-refractivity contribution is 5.95. The fraction of sp³-hybridized carbons (Fsp3) is 0.438. The van der Waals surface area contributed by atoms with E-state index in [1.165, 1.54) is 17.7 Å². The van der Waals surface area contributed by atoms with Crippen molar-refractivity contribution in [1.29, 1.82) is 0 Å². The van der Waals surface area contributed by atoms with Gasteiger partial charge in [0.2, 0.25) is 5.91 Å². The molecule has 3 heteroatoms. The molecular formula is C16H20FNO. The molecule has 1 aliphatic rings. The zero-order chi connectivity index (χ0) is 14.2. The lowest BCUT2D eigenvalue weighted by Gasteiger charge is -2.05. The Kier molecular flexibility index (Phi) is 3.48. The van der Waals surface area contributed by atoms with Crippen LogP contribution in [0.25, 0.3) is 0 Å². The normalized spacial score (nSPS) is 23.6. The Balaban J connectivity index is 2.05. The van der Waals surface area contributed by atoms with Gasteiger partial charge in [0, 0.05) is 5.69 Å². The summed E-state index contributed by atoms with van der Waals surface area (Å²) in [6.07, 6.45) is 2.16. The first kappa shape index (κ1) is 13.8. The zero-order valence-electron chi connectivity index (χ0n) is 11.8. The molecule has 1 N–H and O–H groups in total. The predicted molar refractivity (Wildman–Crippen MR) is 75.2 cm³/mol. The van der Waals surface area contributed by atoms with Gasteiger partial charge in [-0.2, -0.15) is 0 Å². The maximum Gasteiger partial charge on any atom is 0.228 e. The molecule has 0 aliphatic heterocycles.